The number of rotatable bonds is 7. The van der Waals surface area contributed by atoms with Crippen molar-refractivity contribution in [2.75, 3.05) is 11.9 Å². The molecular formula is C25H29FN4O2. The first-order valence-electron chi connectivity index (χ1n) is 10.5. The Bertz CT molecular complexity index is 1120. The third-order valence-corrected chi connectivity index (χ3v) is 5.63. The molecule has 1 atom stereocenters. The van der Waals surface area contributed by atoms with E-state index >= 15 is 0 Å². The van der Waals surface area contributed by atoms with Gasteiger partial charge in [0.2, 0.25) is 5.91 Å². The van der Waals surface area contributed by atoms with Crippen LogP contribution in [0.5, 0.6) is 0 Å². The third-order valence-electron chi connectivity index (χ3n) is 5.63. The predicted molar refractivity (Wildman–Crippen MR) is 122 cm³/mol. The van der Waals surface area contributed by atoms with Crippen molar-refractivity contribution in [3.05, 3.63) is 76.6 Å². The van der Waals surface area contributed by atoms with Crippen LogP contribution in [0, 0.1) is 36.4 Å². The number of nitrogens with one attached hydrogen (secondary N) is 2. The summed E-state index contributed by atoms with van der Waals surface area (Å²) in [6.07, 6.45) is 1.59. The van der Waals surface area contributed by atoms with Gasteiger partial charge in [-0.3, -0.25) is 4.79 Å². The zero-order chi connectivity index (χ0) is 23.5. The van der Waals surface area contributed by atoms with Gasteiger partial charge in [0.05, 0.1) is 24.9 Å². The highest BCUT2D eigenvalue weighted by Gasteiger charge is 2.27. The van der Waals surface area contributed by atoms with E-state index in [2.05, 4.69) is 37.5 Å². The molecule has 1 unspecified atom stereocenters. The summed E-state index contributed by atoms with van der Waals surface area (Å²) < 4.78 is 20.7. The minimum absolute atomic E-state index is 0.0359. The number of carbonyl (C=O) groups is 1. The maximum absolute atomic E-state index is 13.4. The van der Waals surface area contributed by atoms with Crippen LogP contribution in [-0.4, -0.2) is 17.0 Å². The summed E-state index contributed by atoms with van der Waals surface area (Å²) in [5, 5.41) is 15.9. The molecule has 0 saturated heterocycles. The maximum atomic E-state index is 13.4. The van der Waals surface area contributed by atoms with Crippen molar-refractivity contribution in [2.24, 2.45) is 5.41 Å². The van der Waals surface area contributed by atoms with Gasteiger partial charge in [0.15, 0.2) is 0 Å². The van der Waals surface area contributed by atoms with Gasteiger partial charge in [-0.15, -0.1) is 0 Å². The predicted octanol–water partition coefficient (Wildman–Crippen LogP) is 5.07. The number of nitrogens with zero attached hydrogens (tertiary/aromatic N) is 2. The fraction of sp³-hybridized carbons (Fsp3) is 0.360. The van der Waals surface area contributed by atoms with E-state index in [0.717, 1.165) is 22.6 Å². The highest BCUT2D eigenvalue weighted by molar-refractivity contribution is 5.93. The number of anilines is 1. The Morgan fingerprint density at radius 3 is 2.47 bits per heavy atom. The lowest BCUT2D eigenvalue weighted by atomic mass is 9.82. The zero-order valence-electron chi connectivity index (χ0n) is 19.1. The van der Waals surface area contributed by atoms with Crippen LogP contribution in [0.3, 0.4) is 0 Å². The van der Waals surface area contributed by atoms with Crippen LogP contribution in [0.2, 0.25) is 0 Å². The molecule has 2 aromatic heterocycles. The normalized spacial score (nSPS) is 12.4. The van der Waals surface area contributed by atoms with Gasteiger partial charge >= 0.3 is 0 Å². The number of amides is 1. The second-order valence-electron chi connectivity index (χ2n) is 8.99. The van der Waals surface area contributed by atoms with Gasteiger partial charge in [-0.1, -0.05) is 32.9 Å². The van der Waals surface area contributed by atoms with Crippen LogP contribution in [-0.2, 0) is 11.3 Å². The van der Waals surface area contributed by atoms with E-state index in [1.54, 1.807) is 24.5 Å². The van der Waals surface area contributed by atoms with E-state index in [4.69, 9.17) is 4.42 Å². The molecule has 0 fully saturated rings. The molecule has 32 heavy (non-hydrogen) atoms. The molecule has 1 amide bonds. The van der Waals surface area contributed by atoms with Crippen LogP contribution in [0.1, 0.15) is 55.0 Å². The van der Waals surface area contributed by atoms with E-state index in [9.17, 15) is 14.4 Å². The molecular weight excluding hydrogens is 407 g/mol. The molecule has 0 spiro atoms. The zero-order valence-corrected chi connectivity index (χ0v) is 19.1. The summed E-state index contributed by atoms with van der Waals surface area (Å²) in [6, 6.07) is 12.0. The number of hydrogen-bond acceptors (Lipinski definition) is 4. The molecule has 0 saturated carbocycles. The summed E-state index contributed by atoms with van der Waals surface area (Å²) >= 11 is 0. The molecule has 6 nitrogen and oxygen atoms in total. The van der Waals surface area contributed by atoms with Gasteiger partial charge in [0, 0.05) is 11.7 Å². The summed E-state index contributed by atoms with van der Waals surface area (Å²) in [5.74, 6) is 0.618. The lowest BCUT2D eigenvalue weighted by Crippen LogP contribution is -2.37. The standard InChI is InChI=1S/C25H29FN4O2/c1-16-17(2)30(15-20-7-6-12-32-20)24(21(16)13-27)29-22(31)14-28-23(25(3,4)5)18-8-10-19(26)11-9-18/h6-12,23,28H,14-15H2,1-5H3,(H,29,31). The number of benzene rings is 1. The number of carbonyl (C=O) groups excluding carboxylic acids is 1. The van der Waals surface area contributed by atoms with Gasteiger partial charge in [0.25, 0.3) is 0 Å². The van der Waals surface area contributed by atoms with Crippen molar-refractivity contribution in [2.45, 2.75) is 47.2 Å². The molecule has 3 aromatic rings. The highest BCUT2D eigenvalue weighted by atomic mass is 19.1. The Balaban J connectivity index is 1.80. The Labute approximate surface area is 188 Å². The quantitative estimate of drug-likeness (QED) is 0.542. The Morgan fingerprint density at radius 1 is 1.22 bits per heavy atom. The molecule has 168 valence electrons. The largest absolute Gasteiger partial charge is 0.467 e. The average Bonchev–Trinajstić information content (AvgIpc) is 3.31. The van der Waals surface area contributed by atoms with Crippen molar-refractivity contribution in [1.29, 1.82) is 5.26 Å². The molecule has 2 heterocycles. The fourth-order valence-electron chi connectivity index (χ4n) is 3.84. The van der Waals surface area contributed by atoms with E-state index < -0.39 is 0 Å². The maximum Gasteiger partial charge on any atom is 0.239 e. The summed E-state index contributed by atoms with van der Waals surface area (Å²) in [6.45, 7) is 10.4. The second-order valence-corrected chi connectivity index (χ2v) is 8.99. The Kier molecular flexibility index (Phi) is 6.85. The lowest BCUT2D eigenvalue weighted by Gasteiger charge is -2.32. The monoisotopic (exact) mass is 436 g/mol. The van der Waals surface area contributed by atoms with Crippen LogP contribution >= 0.6 is 0 Å². The molecule has 3 rings (SSSR count). The van der Waals surface area contributed by atoms with Gasteiger partial charge in [-0.2, -0.15) is 5.26 Å². The van der Waals surface area contributed by atoms with Crippen LogP contribution in [0.15, 0.2) is 47.1 Å². The summed E-state index contributed by atoms with van der Waals surface area (Å²) in [5.41, 5.74) is 2.84. The van der Waals surface area contributed by atoms with Gasteiger partial charge in [-0.05, 0) is 54.7 Å². The first-order valence-corrected chi connectivity index (χ1v) is 10.5. The second kappa shape index (κ2) is 9.41. The van der Waals surface area contributed by atoms with Gasteiger partial charge < -0.3 is 19.6 Å². The molecule has 7 heteroatoms. The van der Waals surface area contributed by atoms with E-state index in [1.807, 2.05) is 24.5 Å². The van der Waals surface area contributed by atoms with Crippen LogP contribution in [0.4, 0.5) is 10.2 Å². The highest BCUT2D eigenvalue weighted by Crippen LogP contribution is 2.33. The smallest absolute Gasteiger partial charge is 0.239 e. The molecule has 0 radical (unpaired) electrons. The van der Waals surface area contributed by atoms with Crippen molar-refractivity contribution >= 4 is 11.7 Å². The number of aromatic nitrogens is 1. The minimum Gasteiger partial charge on any atom is -0.467 e. The number of nitriles is 1. The third kappa shape index (κ3) is 5.09. The number of halogens is 1. The number of furan rings is 1. The summed E-state index contributed by atoms with van der Waals surface area (Å²) in [7, 11) is 0. The van der Waals surface area contributed by atoms with Crippen LogP contribution < -0.4 is 10.6 Å². The lowest BCUT2D eigenvalue weighted by molar-refractivity contribution is -0.115. The number of hydrogen-bond donors (Lipinski definition) is 2. The molecule has 1 aromatic carbocycles. The van der Waals surface area contributed by atoms with E-state index in [0.29, 0.717) is 17.9 Å². The average molecular weight is 437 g/mol. The van der Waals surface area contributed by atoms with Crippen molar-refractivity contribution in [1.82, 2.24) is 9.88 Å². The molecule has 0 aliphatic carbocycles. The minimum atomic E-state index is -0.300. The Hall–Kier alpha value is -3.37. The van der Waals surface area contributed by atoms with Crippen molar-refractivity contribution in [3.8, 4) is 6.07 Å². The topological polar surface area (TPSA) is 83.0 Å². The SMILES string of the molecule is Cc1c(C#N)c(NC(=O)CNC(c2ccc(F)cc2)C(C)(C)C)n(Cc2ccco2)c1C. The van der Waals surface area contributed by atoms with Gasteiger partial charge in [-0.25, -0.2) is 4.39 Å². The molecule has 0 aliphatic heterocycles. The van der Waals surface area contributed by atoms with Crippen molar-refractivity contribution < 1.29 is 13.6 Å². The van der Waals surface area contributed by atoms with Crippen molar-refractivity contribution in [3.63, 3.8) is 0 Å². The molecule has 0 aliphatic rings. The fourth-order valence-corrected chi connectivity index (χ4v) is 3.84. The first-order chi connectivity index (χ1) is 15.1. The molecule has 0 bridgehead atoms. The summed E-state index contributed by atoms with van der Waals surface area (Å²) in [4.78, 5) is 12.9. The van der Waals surface area contributed by atoms with E-state index in [-0.39, 0.29) is 29.7 Å². The Morgan fingerprint density at radius 2 is 1.91 bits per heavy atom. The van der Waals surface area contributed by atoms with E-state index in [1.165, 1.54) is 12.1 Å². The molecule has 2 N–H and O–H groups in total. The van der Waals surface area contributed by atoms with Crippen LogP contribution in [0.25, 0.3) is 0 Å². The van der Waals surface area contributed by atoms with Gasteiger partial charge in [0.1, 0.15) is 23.5 Å². The first kappa shape index (κ1) is 23.3.